The van der Waals surface area contributed by atoms with Gasteiger partial charge in [-0.3, -0.25) is 9.69 Å². The third-order valence-corrected chi connectivity index (χ3v) is 8.93. The molecule has 3 aromatic rings. The van der Waals surface area contributed by atoms with Crippen molar-refractivity contribution >= 4 is 29.2 Å². The molecule has 14 heteroatoms. The number of urea groups is 1. The van der Waals surface area contributed by atoms with Gasteiger partial charge in [0.2, 0.25) is 0 Å². The third kappa shape index (κ3) is 10.0. The highest BCUT2D eigenvalue weighted by Crippen LogP contribution is 2.37. The fourth-order valence-electron chi connectivity index (χ4n) is 5.90. The van der Waals surface area contributed by atoms with E-state index in [2.05, 4.69) is 15.1 Å². The molecule has 1 fully saturated rings. The standard InChI is InChI=1S/C35H40ClF6N5O2/c1-23(43-33(49)44(2)3)30-7-5-6-8-31(30)47-17-15-46(16-18-47)14-13-25(24-9-11-29(36)12-10-24)22-45(4)32(48)26-19-27(34(37,38)39)21-28(20-26)35(40,41)42/h5-12,19-21,23,25H,13-18,22H2,1-4H3,(H,43,49)/t23-,25?/m0/s1. The molecule has 266 valence electrons. The Morgan fingerprint density at radius 1 is 0.857 bits per heavy atom. The Morgan fingerprint density at radius 3 is 1.98 bits per heavy atom. The van der Waals surface area contributed by atoms with Gasteiger partial charge in [0.15, 0.2) is 0 Å². The van der Waals surface area contributed by atoms with Crippen molar-refractivity contribution in [3.05, 3.63) is 99.6 Å². The van der Waals surface area contributed by atoms with Crippen molar-refractivity contribution in [2.75, 3.05) is 65.3 Å². The Kier molecular flexibility index (Phi) is 12.1. The van der Waals surface area contributed by atoms with Crippen LogP contribution in [0.3, 0.4) is 0 Å². The number of para-hydroxylation sites is 1. The number of carbonyl (C=O) groups is 2. The first-order chi connectivity index (χ1) is 22.9. The van der Waals surface area contributed by atoms with Crippen LogP contribution in [0.25, 0.3) is 0 Å². The molecule has 7 nitrogen and oxygen atoms in total. The van der Waals surface area contributed by atoms with Crippen molar-refractivity contribution in [1.82, 2.24) is 20.0 Å². The van der Waals surface area contributed by atoms with Crippen LogP contribution < -0.4 is 10.2 Å². The van der Waals surface area contributed by atoms with E-state index in [1.165, 1.54) is 16.8 Å². The van der Waals surface area contributed by atoms with Gasteiger partial charge in [-0.2, -0.15) is 26.3 Å². The molecule has 1 aliphatic heterocycles. The maximum atomic E-state index is 13.5. The number of halogens is 7. The minimum absolute atomic E-state index is 0.00918. The summed E-state index contributed by atoms with van der Waals surface area (Å²) in [7, 11) is 4.74. The van der Waals surface area contributed by atoms with E-state index < -0.39 is 35.0 Å². The van der Waals surface area contributed by atoms with Crippen molar-refractivity contribution in [2.24, 2.45) is 0 Å². The van der Waals surface area contributed by atoms with Gasteiger partial charge in [0.1, 0.15) is 0 Å². The van der Waals surface area contributed by atoms with E-state index >= 15 is 0 Å². The Hall–Kier alpha value is -3.97. The molecule has 0 aliphatic carbocycles. The first kappa shape index (κ1) is 37.8. The van der Waals surface area contributed by atoms with Crippen LogP contribution in [0.15, 0.2) is 66.7 Å². The van der Waals surface area contributed by atoms with Crippen LogP contribution >= 0.6 is 11.6 Å². The third-order valence-electron chi connectivity index (χ3n) is 8.67. The molecule has 0 aromatic heterocycles. The quantitative estimate of drug-likeness (QED) is 0.219. The lowest BCUT2D eigenvalue weighted by Gasteiger charge is -2.38. The van der Waals surface area contributed by atoms with Gasteiger partial charge in [-0.05, 0) is 67.4 Å². The predicted octanol–water partition coefficient (Wildman–Crippen LogP) is 7.78. The topological polar surface area (TPSA) is 59.1 Å². The molecule has 3 amide bonds. The molecular formula is C35H40ClF6N5O2. The van der Waals surface area contributed by atoms with Gasteiger partial charge in [0, 0.05) is 76.1 Å². The summed E-state index contributed by atoms with van der Waals surface area (Å²) in [5.74, 6) is -1.22. The Bertz CT molecular complexity index is 1560. The van der Waals surface area contributed by atoms with Gasteiger partial charge in [0.05, 0.1) is 17.2 Å². The molecule has 1 saturated heterocycles. The number of amides is 3. The second kappa shape index (κ2) is 15.7. The Balaban J connectivity index is 1.45. The molecule has 0 saturated carbocycles. The zero-order valence-corrected chi connectivity index (χ0v) is 28.5. The summed E-state index contributed by atoms with van der Waals surface area (Å²) in [5, 5.41) is 3.50. The van der Waals surface area contributed by atoms with Crippen LogP contribution in [0.5, 0.6) is 0 Å². The second-order valence-corrected chi connectivity index (χ2v) is 12.9. The molecule has 3 aromatic carbocycles. The number of alkyl halides is 6. The maximum Gasteiger partial charge on any atom is 0.416 e. The molecular weight excluding hydrogens is 672 g/mol. The van der Waals surface area contributed by atoms with E-state index in [0.29, 0.717) is 30.1 Å². The van der Waals surface area contributed by atoms with Gasteiger partial charge < -0.3 is 20.0 Å². The molecule has 1 N–H and O–H groups in total. The minimum Gasteiger partial charge on any atom is -0.369 e. The van der Waals surface area contributed by atoms with Crippen LogP contribution in [-0.2, 0) is 12.4 Å². The number of hydrogen-bond donors (Lipinski definition) is 1. The van der Waals surface area contributed by atoms with E-state index in [1.807, 2.05) is 43.3 Å². The number of piperazine rings is 1. The lowest BCUT2D eigenvalue weighted by molar-refractivity contribution is -0.143. The van der Waals surface area contributed by atoms with Gasteiger partial charge in [-0.25, -0.2) is 4.79 Å². The number of nitrogens with one attached hydrogen (secondary N) is 1. The Labute approximate surface area is 287 Å². The molecule has 1 aliphatic rings. The zero-order valence-electron chi connectivity index (χ0n) is 27.7. The summed E-state index contributed by atoms with van der Waals surface area (Å²) < 4.78 is 80.8. The highest BCUT2D eigenvalue weighted by Gasteiger charge is 2.38. The number of rotatable bonds is 10. The average Bonchev–Trinajstić information content (AvgIpc) is 3.05. The van der Waals surface area contributed by atoms with Crippen LogP contribution in [0, 0.1) is 0 Å². The van der Waals surface area contributed by atoms with Gasteiger partial charge in [-0.15, -0.1) is 0 Å². The molecule has 0 radical (unpaired) electrons. The number of nitrogens with zero attached hydrogens (tertiary/aromatic N) is 4. The van der Waals surface area contributed by atoms with Crippen LogP contribution in [0.1, 0.15) is 57.9 Å². The SMILES string of the molecule is C[C@H](NC(=O)N(C)C)c1ccccc1N1CCN(CCC(CN(C)C(=O)c2cc(C(F)(F)F)cc(C(F)(F)F)c2)c2ccc(Cl)cc2)CC1. The molecule has 2 atom stereocenters. The van der Waals surface area contributed by atoms with Crippen LogP contribution in [0.4, 0.5) is 36.8 Å². The fourth-order valence-corrected chi connectivity index (χ4v) is 6.02. The molecule has 4 rings (SSSR count). The first-order valence-electron chi connectivity index (χ1n) is 15.8. The monoisotopic (exact) mass is 711 g/mol. The average molecular weight is 712 g/mol. The van der Waals surface area contributed by atoms with E-state index in [0.717, 1.165) is 43.0 Å². The van der Waals surface area contributed by atoms with Crippen molar-refractivity contribution in [1.29, 1.82) is 0 Å². The number of likely N-dealkylation sites (N-methyl/N-ethyl adjacent to an activating group) is 1. The first-order valence-corrected chi connectivity index (χ1v) is 16.2. The highest BCUT2D eigenvalue weighted by atomic mass is 35.5. The van der Waals surface area contributed by atoms with Crippen molar-refractivity contribution < 1.29 is 35.9 Å². The summed E-state index contributed by atoms with van der Waals surface area (Å²) in [6.07, 6.45) is -9.56. The van der Waals surface area contributed by atoms with E-state index in [4.69, 9.17) is 11.6 Å². The van der Waals surface area contributed by atoms with E-state index in [9.17, 15) is 35.9 Å². The van der Waals surface area contributed by atoms with Crippen molar-refractivity contribution in [2.45, 2.75) is 37.7 Å². The van der Waals surface area contributed by atoms with Crippen LogP contribution in [-0.4, -0.2) is 87.0 Å². The lowest BCUT2D eigenvalue weighted by Crippen LogP contribution is -2.47. The lowest BCUT2D eigenvalue weighted by atomic mass is 9.94. The molecule has 0 spiro atoms. The van der Waals surface area contributed by atoms with Gasteiger partial charge in [-0.1, -0.05) is 41.9 Å². The summed E-state index contributed by atoms with van der Waals surface area (Å²) >= 11 is 6.10. The molecule has 49 heavy (non-hydrogen) atoms. The summed E-state index contributed by atoms with van der Waals surface area (Å²) in [6.45, 7) is 5.57. The summed E-state index contributed by atoms with van der Waals surface area (Å²) in [4.78, 5) is 32.8. The molecule has 1 heterocycles. The normalized spacial score (nSPS) is 15.4. The number of benzene rings is 3. The molecule has 1 unspecified atom stereocenters. The minimum atomic E-state index is -5.06. The fraction of sp³-hybridized carbons (Fsp3) is 0.429. The summed E-state index contributed by atoms with van der Waals surface area (Å²) in [6, 6.07) is 15.5. The second-order valence-electron chi connectivity index (χ2n) is 12.5. The summed E-state index contributed by atoms with van der Waals surface area (Å²) in [5.41, 5.74) is -0.886. The number of anilines is 1. The smallest absolute Gasteiger partial charge is 0.369 e. The Morgan fingerprint density at radius 2 is 1.43 bits per heavy atom. The van der Waals surface area contributed by atoms with Gasteiger partial charge >= 0.3 is 18.4 Å². The number of hydrogen-bond acceptors (Lipinski definition) is 4. The van der Waals surface area contributed by atoms with E-state index in [-0.39, 0.29) is 30.6 Å². The molecule has 0 bridgehead atoms. The van der Waals surface area contributed by atoms with Gasteiger partial charge in [0.25, 0.3) is 5.91 Å². The number of carbonyl (C=O) groups excluding carboxylic acids is 2. The predicted molar refractivity (Wildman–Crippen MR) is 178 cm³/mol. The van der Waals surface area contributed by atoms with Crippen molar-refractivity contribution in [3.8, 4) is 0 Å². The van der Waals surface area contributed by atoms with Crippen molar-refractivity contribution in [3.63, 3.8) is 0 Å². The largest absolute Gasteiger partial charge is 0.416 e. The van der Waals surface area contributed by atoms with E-state index in [1.54, 1.807) is 26.2 Å². The highest BCUT2D eigenvalue weighted by molar-refractivity contribution is 6.30. The maximum absolute atomic E-state index is 13.5. The zero-order chi connectivity index (χ0) is 36.1. The van der Waals surface area contributed by atoms with Crippen LogP contribution in [0.2, 0.25) is 5.02 Å².